The van der Waals surface area contributed by atoms with Crippen molar-refractivity contribution < 1.29 is 26.7 Å². The van der Waals surface area contributed by atoms with E-state index < -0.39 is 32.8 Å². The molecule has 7 nitrogen and oxygen atoms in total. The van der Waals surface area contributed by atoms with Crippen molar-refractivity contribution in [1.29, 1.82) is 5.26 Å². The van der Waals surface area contributed by atoms with E-state index >= 15 is 0 Å². The zero-order valence-electron chi connectivity index (χ0n) is 13.2. The van der Waals surface area contributed by atoms with Crippen LogP contribution in [0.15, 0.2) is 23.1 Å². The van der Waals surface area contributed by atoms with E-state index in [1.165, 1.54) is 6.07 Å². The minimum absolute atomic E-state index is 0.0477. The number of halogens is 2. The largest absolute Gasteiger partial charge is 0.433 e. The lowest BCUT2D eigenvalue weighted by molar-refractivity contribution is -0.127. The molecule has 1 saturated heterocycles. The summed E-state index contributed by atoms with van der Waals surface area (Å²) >= 11 is 0. The molecule has 136 valence electrons. The predicted molar refractivity (Wildman–Crippen MR) is 83.4 cm³/mol. The van der Waals surface area contributed by atoms with Crippen molar-refractivity contribution in [2.24, 2.45) is 0 Å². The highest BCUT2D eigenvalue weighted by Crippen LogP contribution is 2.26. The van der Waals surface area contributed by atoms with Crippen LogP contribution < -0.4 is 9.46 Å². The molecule has 0 atom stereocenters. The summed E-state index contributed by atoms with van der Waals surface area (Å²) in [7, 11) is -4.07. The van der Waals surface area contributed by atoms with Gasteiger partial charge in [-0.3, -0.25) is 4.79 Å². The van der Waals surface area contributed by atoms with Crippen molar-refractivity contribution in [3.63, 3.8) is 0 Å². The first-order valence-corrected chi connectivity index (χ1v) is 9.09. The third kappa shape index (κ3) is 4.87. The summed E-state index contributed by atoms with van der Waals surface area (Å²) in [6.07, 6.45) is 1.71. The molecule has 1 aromatic carbocycles. The maximum absolute atomic E-state index is 12.4. The number of alkyl halides is 2. The molecule has 0 spiro atoms. The summed E-state index contributed by atoms with van der Waals surface area (Å²) in [5.74, 6) is -0.450. The van der Waals surface area contributed by atoms with Crippen molar-refractivity contribution in [2.75, 3.05) is 19.6 Å². The van der Waals surface area contributed by atoms with E-state index in [2.05, 4.69) is 9.46 Å². The first kappa shape index (κ1) is 19.1. The number of nitrogens with one attached hydrogen (secondary N) is 1. The summed E-state index contributed by atoms with van der Waals surface area (Å²) in [6, 6.07) is 5.05. The van der Waals surface area contributed by atoms with Crippen molar-refractivity contribution in [2.45, 2.75) is 30.8 Å². The number of carbonyl (C=O) groups is 1. The van der Waals surface area contributed by atoms with Crippen molar-refractivity contribution in [3.8, 4) is 11.8 Å². The smallest absolute Gasteiger partial charge is 0.387 e. The molecule has 0 aromatic heterocycles. The molecule has 25 heavy (non-hydrogen) atoms. The molecule has 0 bridgehead atoms. The number of hydrogen-bond acceptors (Lipinski definition) is 5. The maximum Gasteiger partial charge on any atom is 0.387 e. The second-order valence-corrected chi connectivity index (χ2v) is 7.09. The van der Waals surface area contributed by atoms with Crippen LogP contribution in [0.3, 0.4) is 0 Å². The van der Waals surface area contributed by atoms with Gasteiger partial charge in [0.15, 0.2) is 0 Å². The fourth-order valence-corrected chi connectivity index (χ4v) is 3.78. The van der Waals surface area contributed by atoms with Crippen LogP contribution in [0.25, 0.3) is 0 Å². The molecule has 1 fully saturated rings. The van der Waals surface area contributed by atoms with Gasteiger partial charge in [0.2, 0.25) is 15.9 Å². The number of amides is 1. The van der Waals surface area contributed by atoms with E-state index in [1.54, 1.807) is 11.0 Å². The van der Waals surface area contributed by atoms with Crippen molar-refractivity contribution >= 4 is 15.9 Å². The highest BCUT2D eigenvalue weighted by molar-refractivity contribution is 7.89. The number of ether oxygens (including phenoxy) is 1. The molecule has 0 unspecified atom stereocenters. The molecule has 0 saturated carbocycles. The number of nitrogens with zero attached hydrogens (tertiary/aromatic N) is 2. The van der Waals surface area contributed by atoms with Gasteiger partial charge in [0.05, 0.1) is 0 Å². The lowest BCUT2D eigenvalue weighted by Gasteiger charge is -2.15. The lowest BCUT2D eigenvalue weighted by atomic mass is 10.2. The Labute approximate surface area is 144 Å². The summed E-state index contributed by atoms with van der Waals surface area (Å²) in [5, 5.41) is 9.11. The molecule has 1 amide bonds. The molecule has 1 aliphatic rings. The van der Waals surface area contributed by atoms with Gasteiger partial charge in [0, 0.05) is 26.1 Å². The van der Waals surface area contributed by atoms with Crippen molar-refractivity contribution in [3.05, 3.63) is 23.8 Å². The van der Waals surface area contributed by atoms with E-state index in [-0.39, 0.29) is 12.5 Å². The van der Waals surface area contributed by atoms with Crippen LogP contribution in [0.5, 0.6) is 5.75 Å². The average molecular weight is 373 g/mol. The van der Waals surface area contributed by atoms with Gasteiger partial charge in [-0.05, 0) is 25.0 Å². The first-order chi connectivity index (χ1) is 11.8. The fourth-order valence-electron chi connectivity index (χ4n) is 2.53. The molecule has 1 N–H and O–H groups in total. The molecule has 0 aliphatic carbocycles. The Kier molecular flexibility index (Phi) is 6.27. The number of sulfonamides is 1. The quantitative estimate of drug-likeness (QED) is 0.696. The Morgan fingerprint density at radius 2 is 2.16 bits per heavy atom. The number of hydrogen-bond donors (Lipinski definition) is 1. The average Bonchev–Trinajstić information content (AvgIpc) is 2.96. The zero-order valence-corrected chi connectivity index (χ0v) is 14.1. The molecule has 1 heterocycles. The molecule has 0 radical (unpaired) electrons. The van der Waals surface area contributed by atoms with Crippen LogP contribution in [0.1, 0.15) is 24.8 Å². The number of rotatable bonds is 8. The maximum atomic E-state index is 12.4. The van der Waals surface area contributed by atoms with Crippen LogP contribution >= 0.6 is 0 Å². The second kappa shape index (κ2) is 8.22. The van der Waals surface area contributed by atoms with E-state index in [0.717, 1.165) is 18.6 Å². The van der Waals surface area contributed by atoms with E-state index in [4.69, 9.17) is 5.26 Å². The van der Waals surface area contributed by atoms with Gasteiger partial charge >= 0.3 is 6.61 Å². The highest BCUT2D eigenvalue weighted by atomic mass is 32.2. The Balaban J connectivity index is 2.03. The van der Waals surface area contributed by atoms with Gasteiger partial charge in [0.1, 0.15) is 22.3 Å². The number of carbonyl (C=O) groups excluding carboxylic acids is 1. The Morgan fingerprint density at radius 1 is 1.40 bits per heavy atom. The summed E-state index contributed by atoms with van der Waals surface area (Å²) in [5.41, 5.74) is -0.481. The van der Waals surface area contributed by atoms with E-state index in [1.807, 2.05) is 0 Å². The Bertz CT molecular complexity index is 777. The molecule has 2 rings (SSSR count). The lowest BCUT2D eigenvalue weighted by Crippen LogP contribution is -2.31. The zero-order chi connectivity index (χ0) is 18.4. The van der Waals surface area contributed by atoms with Gasteiger partial charge in [-0.15, -0.1) is 0 Å². The van der Waals surface area contributed by atoms with Gasteiger partial charge in [-0.2, -0.15) is 14.0 Å². The Hall–Kier alpha value is -2.25. The van der Waals surface area contributed by atoms with Crippen LogP contribution in [-0.4, -0.2) is 45.5 Å². The fraction of sp³-hybridized carbons (Fsp3) is 0.467. The van der Waals surface area contributed by atoms with Crippen LogP contribution in [0.2, 0.25) is 0 Å². The summed E-state index contributed by atoms with van der Waals surface area (Å²) in [4.78, 5) is 12.7. The second-order valence-electron chi connectivity index (χ2n) is 5.36. The molecule has 1 aliphatic heterocycles. The van der Waals surface area contributed by atoms with E-state index in [0.29, 0.717) is 25.9 Å². The summed E-state index contributed by atoms with van der Waals surface area (Å²) < 4.78 is 55.9. The van der Waals surface area contributed by atoms with E-state index in [9.17, 15) is 22.0 Å². The third-order valence-corrected chi connectivity index (χ3v) is 5.18. The van der Waals surface area contributed by atoms with Crippen LogP contribution in [0, 0.1) is 11.3 Å². The standard InChI is InChI=1S/C15H17F2N3O4S/c16-15(17)24-12-4-1-5-13(11(12)10-18)25(22,23)19-7-3-9-20-8-2-6-14(20)21/h1,4-5,15,19H,2-3,6-9H2. The van der Waals surface area contributed by atoms with Crippen molar-refractivity contribution in [1.82, 2.24) is 9.62 Å². The van der Waals surface area contributed by atoms with Crippen LogP contribution in [0.4, 0.5) is 8.78 Å². The molecule has 10 heteroatoms. The number of nitriles is 1. The molecular formula is C15H17F2N3O4S. The highest BCUT2D eigenvalue weighted by Gasteiger charge is 2.23. The summed E-state index contributed by atoms with van der Waals surface area (Å²) in [6.45, 7) is -2.02. The topological polar surface area (TPSA) is 99.5 Å². The van der Waals surface area contributed by atoms with Gasteiger partial charge in [-0.1, -0.05) is 6.07 Å². The van der Waals surface area contributed by atoms with Gasteiger partial charge in [0.25, 0.3) is 0 Å². The van der Waals surface area contributed by atoms with Crippen LogP contribution in [-0.2, 0) is 14.8 Å². The number of likely N-dealkylation sites (tertiary alicyclic amines) is 1. The number of benzene rings is 1. The minimum Gasteiger partial charge on any atom is -0.433 e. The molecular weight excluding hydrogens is 356 g/mol. The Morgan fingerprint density at radius 3 is 2.76 bits per heavy atom. The SMILES string of the molecule is N#Cc1c(OC(F)F)cccc1S(=O)(=O)NCCCN1CCCC1=O. The first-order valence-electron chi connectivity index (χ1n) is 7.60. The van der Waals surface area contributed by atoms with Gasteiger partial charge in [-0.25, -0.2) is 13.1 Å². The monoisotopic (exact) mass is 373 g/mol. The minimum atomic E-state index is -4.07. The molecule has 1 aromatic rings. The normalized spacial score (nSPS) is 14.8. The van der Waals surface area contributed by atoms with Gasteiger partial charge < -0.3 is 9.64 Å². The third-order valence-electron chi connectivity index (χ3n) is 3.67. The predicted octanol–water partition coefficient (Wildman–Crippen LogP) is 1.45.